The van der Waals surface area contributed by atoms with Crippen LogP contribution in [0.3, 0.4) is 0 Å². The minimum absolute atomic E-state index is 0.144. The summed E-state index contributed by atoms with van der Waals surface area (Å²) < 4.78 is 9.15. The first-order chi connectivity index (χ1) is 8.22. The lowest BCUT2D eigenvalue weighted by Gasteiger charge is -2.00. The molecule has 0 N–H and O–H groups in total. The molecule has 0 aliphatic carbocycles. The number of esters is 2. The van der Waals surface area contributed by atoms with Gasteiger partial charge in [0.1, 0.15) is 13.0 Å². The van der Waals surface area contributed by atoms with Crippen molar-refractivity contribution in [3.8, 4) is 0 Å². The zero-order chi connectivity index (χ0) is 12.5. The van der Waals surface area contributed by atoms with Gasteiger partial charge in [-0.15, -0.1) is 0 Å². The Morgan fingerprint density at radius 1 is 1.18 bits per heavy atom. The second-order valence-electron chi connectivity index (χ2n) is 3.25. The Hall–Kier alpha value is -2.10. The van der Waals surface area contributed by atoms with E-state index in [1.165, 1.54) is 7.11 Å². The van der Waals surface area contributed by atoms with Gasteiger partial charge in [0.05, 0.1) is 7.11 Å². The standard InChI is InChI=1S/C13H14O4/c1-16-12(14)10-13(15)17-9-5-8-11-6-3-2-4-7-11/h2-8H,9-10H2,1H3/b8-5+. The van der Waals surface area contributed by atoms with Gasteiger partial charge in [0.15, 0.2) is 0 Å². The van der Waals surface area contributed by atoms with Crippen molar-refractivity contribution < 1.29 is 19.1 Å². The minimum atomic E-state index is -0.595. The van der Waals surface area contributed by atoms with Gasteiger partial charge >= 0.3 is 11.9 Å². The summed E-state index contributed by atoms with van der Waals surface area (Å²) >= 11 is 0. The average Bonchev–Trinajstić information content (AvgIpc) is 2.36. The van der Waals surface area contributed by atoms with E-state index in [0.717, 1.165) is 5.56 Å². The SMILES string of the molecule is COC(=O)CC(=O)OC/C=C/c1ccccc1. The topological polar surface area (TPSA) is 52.6 Å². The lowest BCUT2D eigenvalue weighted by molar-refractivity contribution is -0.152. The van der Waals surface area contributed by atoms with Crippen LogP contribution in [0.1, 0.15) is 12.0 Å². The van der Waals surface area contributed by atoms with Crippen LogP contribution in [0.5, 0.6) is 0 Å². The van der Waals surface area contributed by atoms with Crippen LogP contribution in [0.15, 0.2) is 36.4 Å². The lowest BCUT2D eigenvalue weighted by atomic mass is 10.2. The Morgan fingerprint density at radius 3 is 2.53 bits per heavy atom. The summed E-state index contributed by atoms with van der Waals surface area (Å²) in [4.78, 5) is 21.8. The second kappa shape index (κ2) is 7.22. The van der Waals surface area contributed by atoms with E-state index in [1.54, 1.807) is 6.08 Å². The highest BCUT2D eigenvalue weighted by atomic mass is 16.5. The van der Waals surface area contributed by atoms with Crippen LogP contribution in [0, 0.1) is 0 Å². The predicted octanol–water partition coefficient (Wildman–Crippen LogP) is 1.81. The molecule has 0 fully saturated rings. The quantitative estimate of drug-likeness (QED) is 0.576. The molecule has 0 amide bonds. The Labute approximate surface area is 99.8 Å². The molecule has 0 unspecified atom stereocenters. The molecule has 0 spiro atoms. The Bertz CT molecular complexity index is 395. The number of hydrogen-bond donors (Lipinski definition) is 0. The number of ether oxygens (including phenoxy) is 2. The molecule has 0 saturated heterocycles. The molecule has 0 atom stereocenters. The Balaban J connectivity index is 2.26. The van der Waals surface area contributed by atoms with Crippen molar-refractivity contribution in [1.82, 2.24) is 0 Å². The molecule has 0 aliphatic heterocycles. The molecule has 0 aliphatic rings. The van der Waals surface area contributed by atoms with Crippen molar-refractivity contribution in [2.24, 2.45) is 0 Å². The number of rotatable bonds is 5. The zero-order valence-corrected chi connectivity index (χ0v) is 9.59. The number of benzene rings is 1. The molecule has 4 heteroatoms. The fourth-order valence-corrected chi connectivity index (χ4v) is 1.13. The molecular weight excluding hydrogens is 220 g/mol. The van der Waals surface area contributed by atoms with Gasteiger partial charge in [0, 0.05) is 0 Å². The highest BCUT2D eigenvalue weighted by Crippen LogP contribution is 2.00. The van der Waals surface area contributed by atoms with Crippen molar-refractivity contribution >= 4 is 18.0 Å². The third kappa shape index (κ3) is 5.51. The number of carbonyl (C=O) groups is 2. The van der Waals surface area contributed by atoms with Gasteiger partial charge < -0.3 is 9.47 Å². The van der Waals surface area contributed by atoms with E-state index in [4.69, 9.17) is 4.74 Å². The van der Waals surface area contributed by atoms with Crippen LogP contribution in [0.4, 0.5) is 0 Å². The van der Waals surface area contributed by atoms with Crippen molar-refractivity contribution in [2.45, 2.75) is 6.42 Å². The maximum atomic E-state index is 11.1. The van der Waals surface area contributed by atoms with E-state index in [2.05, 4.69) is 4.74 Å². The number of methoxy groups -OCH3 is 1. The average molecular weight is 234 g/mol. The summed E-state index contributed by atoms with van der Waals surface area (Å²) in [6, 6.07) is 9.64. The summed E-state index contributed by atoms with van der Waals surface area (Å²) in [5.41, 5.74) is 1.02. The van der Waals surface area contributed by atoms with Gasteiger partial charge in [0.2, 0.25) is 0 Å². The molecular formula is C13H14O4. The predicted molar refractivity (Wildman–Crippen MR) is 63.1 cm³/mol. The molecule has 0 radical (unpaired) electrons. The smallest absolute Gasteiger partial charge is 0.317 e. The molecule has 0 saturated carbocycles. The summed E-state index contributed by atoms with van der Waals surface area (Å²) in [5, 5.41) is 0. The van der Waals surface area contributed by atoms with Crippen molar-refractivity contribution in [3.05, 3.63) is 42.0 Å². The van der Waals surface area contributed by atoms with E-state index in [0.29, 0.717) is 0 Å². The van der Waals surface area contributed by atoms with E-state index < -0.39 is 11.9 Å². The number of carbonyl (C=O) groups excluding carboxylic acids is 2. The zero-order valence-electron chi connectivity index (χ0n) is 9.59. The largest absolute Gasteiger partial charge is 0.469 e. The van der Waals surface area contributed by atoms with Crippen LogP contribution < -0.4 is 0 Å². The monoisotopic (exact) mass is 234 g/mol. The highest BCUT2D eigenvalue weighted by molar-refractivity contribution is 5.91. The second-order valence-corrected chi connectivity index (χ2v) is 3.25. The molecule has 4 nitrogen and oxygen atoms in total. The number of hydrogen-bond acceptors (Lipinski definition) is 4. The molecule has 1 aromatic carbocycles. The van der Waals surface area contributed by atoms with Gasteiger partial charge in [-0.05, 0) is 11.6 Å². The van der Waals surface area contributed by atoms with Crippen LogP contribution in [0.25, 0.3) is 6.08 Å². The van der Waals surface area contributed by atoms with E-state index >= 15 is 0 Å². The van der Waals surface area contributed by atoms with Gasteiger partial charge in [-0.3, -0.25) is 9.59 Å². The van der Waals surface area contributed by atoms with Crippen LogP contribution in [0.2, 0.25) is 0 Å². The third-order valence-electron chi connectivity index (χ3n) is 1.97. The summed E-state index contributed by atoms with van der Waals surface area (Å²) in [6.45, 7) is 0.144. The van der Waals surface area contributed by atoms with E-state index in [1.807, 2.05) is 36.4 Å². The van der Waals surface area contributed by atoms with Crippen LogP contribution in [-0.2, 0) is 19.1 Å². The highest BCUT2D eigenvalue weighted by Gasteiger charge is 2.09. The van der Waals surface area contributed by atoms with E-state index in [9.17, 15) is 9.59 Å². The van der Waals surface area contributed by atoms with Crippen molar-refractivity contribution in [3.63, 3.8) is 0 Å². The summed E-state index contributed by atoms with van der Waals surface area (Å²) in [7, 11) is 1.23. The molecule has 1 rings (SSSR count). The van der Waals surface area contributed by atoms with Gasteiger partial charge in [-0.1, -0.05) is 36.4 Å². The maximum absolute atomic E-state index is 11.1. The van der Waals surface area contributed by atoms with Crippen LogP contribution >= 0.6 is 0 Å². The van der Waals surface area contributed by atoms with Crippen molar-refractivity contribution in [2.75, 3.05) is 13.7 Å². The normalized spacial score (nSPS) is 10.2. The maximum Gasteiger partial charge on any atom is 0.317 e. The first kappa shape index (κ1) is 13.0. The summed E-state index contributed by atoms with van der Waals surface area (Å²) in [5.74, 6) is -1.18. The molecule has 0 aromatic heterocycles. The van der Waals surface area contributed by atoms with Gasteiger partial charge in [-0.2, -0.15) is 0 Å². The minimum Gasteiger partial charge on any atom is -0.469 e. The fourth-order valence-electron chi connectivity index (χ4n) is 1.13. The summed E-state index contributed by atoms with van der Waals surface area (Å²) in [6.07, 6.45) is 3.20. The Kier molecular flexibility index (Phi) is 5.51. The van der Waals surface area contributed by atoms with Crippen molar-refractivity contribution in [1.29, 1.82) is 0 Å². The molecule has 90 valence electrons. The first-order valence-corrected chi connectivity index (χ1v) is 5.16. The van der Waals surface area contributed by atoms with Crippen LogP contribution in [-0.4, -0.2) is 25.7 Å². The van der Waals surface area contributed by atoms with E-state index in [-0.39, 0.29) is 13.0 Å². The molecule has 0 heterocycles. The molecule has 0 bridgehead atoms. The molecule has 1 aromatic rings. The Morgan fingerprint density at radius 2 is 1.88 bits per heavy atom. The molecule has 17 heavy (non-hydrogen) atoms. The third-order valence-corrected chi connectivity index (χ3v) is 1.97. The lowest BCUT2D eigenvalue weighted by Crippen LogP contribution is -2.12. The fraction of sp³-hybridized carbons (Fsp3) is 0.231. The van der Waals surface area contributed by atoms with Gasteiger partial charge in [0.25, 0.3) is 0 Å². The first-order valence-electron chi connectivity index (χ1n) is 5.16. The van der Waals surface area contributed by atoms with Gasteiger partial charge in [-0.25, -0.2) is 0 Å².